The van der Waals surface area contributed by atoms with Gasteiger partial charge in [0, 0.05) is 0 Å². The van der Waals surface area contributed by atoms with Crippen LogP contribution in [0.4, 0.5) is 4.39 Å². The van der Waals surface area contributed by atoms with E-state index in [-0.39, 0.29) is 18.2 Å². The predicted octanol–water partition coefficient (Wildman–Crippen LogP) is 2.51. The van der Waals surface area contributed by atoms with Crippen molar-refractivity contribution in [1.82, 2.24) is 0 Å². The van der Waals surface area contributed by atoms with Gasteiger partial charge < -0.3 is 5.73 Å². The highest BCUT2D eigenvalue weighted by atomic mass is 79.9. The van der Waals surface area contributed by atoms with E-state index in [1.807, 2.05) is 0 Å². The molecule has 2 N–H and O–H groups in total. The van der Waals surface area contributed by atoms with Crippen molar-refractivity contribution in [2.24, 2.45) is 5.73 Å². The number of hydrogen-bond acceptors (Lipinski definition) is 1. The molecule has 1 aromatic carbocycles. The fourth-order valence-electron chi connectivity index (χ4n) is 0.862. The maximum Gasteiger partial charge on any atom is 0.137 e. The van der Waals surface area contributed by atoms with Crippen molar-refractivity contribution >= 4 is 28.3 Å². The molecule has 1 rings (SSSR count). The lowest BCUT2D eigenvalue weighted by molar-refractivity contribution is 0.620. The number of hydrogen-bond donors (Lipinski definition) is 1. The Kier molecular flexibility index (Phi) is 5.46. The molecule has 0 saturated carbocycles. The van der Waals surface area contributed by atoms with Gasteiger partial charge in [0.15, 0.2) is 0 Å². The van der Waals surface area contributed by atoms with Crippen LogP contribution in [0.15, 0.2) is 22.7 Å². The zero-order valence-electron chi connectivity index (χ0n) is 6.39. The Morgan fingerprint density at radius 3 is 2.58 bits per heavy atom. The molecule has 0 aliphatic carbocycles. The molecule has 0 bridgehead atoms. The first-order chi connectivity index (χ1) is 5.24. The first-order valence-electron chi connectivity index (χ1n) is 3.38. The molecule has 0 atom stereocenters. The standard InChI is InChI=1S/C8H9BrFN.ClH/c9-7-5-6(3-4-11)1-2-8(7)10;/h1-2,5H,3-4,11H2;1H. The second-order valence-electron chi connectivity index (χ2n) is 2.29. The van der Waals surface area contributed by atoms with Crippen molar-refractivity contribution in [3.05, 3.63) is 34.1 Å². The summed E-state index contributed by atoms with van der Waals surface area (Å²) in [6, 6.07) is 4.93. The molecule has 1 aromatic rings. The lowest BCUT2D eigenvalue weighted by Gasteiger charge is -1.99. The maximum absolute atomic E-state index is 12.7. The second kappa shape index (κ2) is 5.51. The fraction of sp³-hybridized carbons (Fsp3) is 0.250. The molecule has 4 heteroatoms. The van der Waals surface area contributed by atoms with Crippen LogP contribution in [0.2, 0.25) is 0 Å². The van der Waals surface area contributed by atoms with E-state index in [9.17, 15) is 4.39 Å². The third kappa shape index (κ3) is 3.09. The van der Waals surface area contributed by atoms with Crippen LogP contribution in [0.5, 0.6) is 0 Å². The Hall–Kier alpha value is -0.120. The van der Waals surface area contributed by atoms with Gasteiger partial charge in [0.2, 0.25) is 0 Å². The lowest BCUT2D eigenvalue weighted by atomic mass is 10.1. The summed E-state index contributed by atoms with van der Waals surface area (Å²) in [7, 11) is 0. The molecule has 0 heterocycles. The summed E-state index contributed by atoms with van der Waals surface area (Å²) in [6.07, 6.45) is 0.791. The van der Waals surface area contributed by atoms with Crippen LogP contribution in [0.25, 0.3) is 0 Å². The molecule has 0 unspecified atom stereocenters. The first-order valence-corrected chi connectivity index (χ1v) is 4.17. The quantitative estimate of drug-likeness (QED) is 0.862. The SMILES string of the molecule is Cl.NCCc1ccc(F)c(Br)c1. The Bertz CT molecular complexity index is 255. The van der Waals surface area contributed by atoms with Crippen LogP contribution in [0, 0.1) is 5.82 Å². The van der Waals surface area contributed by atoms with Crippen LogP contribution < -0.4 is 5.73 Å². The van der Waals surface area contributed by atoms with E-state index in [0.717, 1.165) is 12.0 Å². The van der Waals surface area contributed by atoms with Gasteiger partial charge in [0.1, 0.15) is 5.82 Å². The molecule has 0 aliphatic rings. The number of benzene rings is 1. The van der Waals surface area contributed by atoms with E-state index < -0.39 is 0 Å². The van der Waals surface area contributed by atoms with Gasteiger partial charge in [-0.15, -0.1) is 12.4 Å². The highest BCUT2D eigenvalue weighted by Crippen LogP contribution is 2.16. The maximum atomic E-state index is 12.7. The summed E-state index contributed by atoms with van der Waals surface area (Å²) in [5.74, 6) is -0.231. The van der Waals surface area contributed by atoms with Crippen molar-refractivity contribution < 1.29 is 4.39 Å². The molecule has 1 nitrogen and oxygen atoms in total. The summed E-state index contributed by atoms with van der Waals surface area (Å²) in [5, 5.41) is 0. The number of nitrogens with two attached hydrogens (primary N) is 1. The van der Waals surface area contributed by atoms with Gasteiger partial charge in [-0.05, 0) is 46.6 Å². The van der Waals surface area contributed by atoms with Gasteiger partial charge in [0.05, 0.1) is 4.47 Å². The Labute approximate surface area is 85.7 Å². The molecule has 68 valence electrons. The average molecular weight is 255 g/mol. The lowest BCUT2D eigenvalue weighted by Crippen LogP contribution is -2.02. The van der Waals surface area contributed by atoms with Crippen molar-refractivity contribution in [2.75, 3.05) is 6.54 Å². The third-order valence-electron chi connectivity index (χ3n) is 1.42. The van der Waals surface area contributed by atoms with Gasteiger partial charge >= 0.3 is 0 Å². The van der Waals surface area contributed by atoms with Crippen molar-refractivity contribution in [3.63, 3.8) is 0 Å². The highest BCUT2D eigenvalue weighted by molar-refractivity contribution is 9.10. The van der Waals surface area contributed by atoms with Gasteiger partial charge in [-0.2, -0.15) is 0 Å². The van der Waals surface area contributed by atoms with E-state index in [2.05, 4.69) is 15.9 Å². The molecule has 0 spiro atoms. The summed E-state index contributed by atoms with van der Waals surface area (Å²) in [5.41, 5.74) is 6.40. The smallest absolute Gasteiger partial charge is 0.137 e. The van der Waals surface area contributed by atoms with Crippen LogP contribution in [0.1, 0.15) is 5.56 Å². The fourth-order valence-corrected chi connectivity index (χ4v) is 1.29. The van der Waals surface area contributed by atoms with Gasteiger partial charge in [-0.25, -0.2) is 4.39 Å². The van der Waals surface area contributed by atoms with Crippen molar-refractivity contribution in [3.8, 4) is 0 Å². The van der Waals surface area contributed by atoms with E-state index in [1.165, 1.54) is 6.07 Å². The zero-order chi connectivity index (χ0) is 8.27. The Morgan fingerprint density at radius 2 is 2.08 bits per heavy atom. The van der Waals surface area contributed by atoms with Gasteiger partial charge in [0.25, 0.3) is 0 Å². The van der Waals surface area contributed by atoms with E-state index >= 15 is 0 Å². The van der Waals surface area contributed by atoms with Crippen LogP contribution in [-0.2, 0) is 6.42 Å². The van der Waals surface area contributed by atoms with Gasteiger partial charge in [-0.3, -0.25) is 0 Å². The minimum Gasteiger partial charge on any atom is -0.330 e. The molecule has 0 aromatic heterocycles. The highest BCUT2D eigenvalue weighted by Gasteiger charge is 1.98. The number of rotatable bonds is 2. The summed E-state index contributed by atoms with van der Waals surface area (Å²) in [4.78, 5) is 0. The number of halogens is 3. The zero-order valence-corrected chi connectivity index (χ0v) is 8.79. The van der Waals surface area contributed by atoms with Crippen molar-refractivity contribution in [1.29, 1.82) is 0 Å². The van der Waals surface area contributed by atoms with Crippen LogP contribution >= 0.6 is 28.3 Å². The monoisotopic (exact) mass is 253 g/mol. The molecule has 0 fully saturated rings. The van der Waals surface area contributed by atoms with Crippen LogP contribution in [0.3, 0.4) is 0 Å². The molecule has 0 aliphatic heterocycles. The predicted molar refractivity (Wildman–Crippen MR) is 54.1 cm³/mol. The molecular weight excluding hydrogens is 244 g/mol. The van der Waals surface area contributed by atoms with E-state index in [4.69, 9.17) is 5.73 Å². The minimum atomic E-state index is -0.231. The third-order valence-corrected chi connectivity index (χ3v) is 2.02. The molecule has 12 heavy (non-hydrogen) atoms. The first kappa shape index (κ1) is 11.9. The van der Waals surface area contributed by atoms with E-state index in [0.29, 0.717) is 11.0 Å². The minimum absolute atomic E-state index is 0. The largest absolute Gasteiger partial charge is 0.330 e. The topological polar surface area (TPSA) is 26.0 Å². The van der Waals surface area contributed by atoms with Gasteiger partial charge in [-0.1, -0.05) is 6.07 Å². The Balaban J connectivity index is 0.00000121. The molecule has 0 saturated heterocycles. The van der Waals surface area contributed by atoms with Crippen LogP contribution in [-0.4, -0.2) is 6.54 Å². The molecular formula is C8H10BrClFN. The summed E-state index contributed by atoms with van der Waals surface area (Å²) >= 11 is 3.10. The second-order valence-corrected chi connectivity index (χ2v) is 3.14. The van der Waals surface area contributed by atoms with E-state index in [1.54, 1.807) is 12.1 Å². The normalized spacial score (nSPS) is 9.25. The Morgan fingerprint density at radius 1 is 1.42 bits per heavy atom. The van der Waals surface area contributed by atoms with Crippen molar-refractivity contribution in [2.45, 2.75) is 6.42 Å². The summed E-state index contributed by atoms with van der Waals surface area (Å²) in [6.45, 7) is 0.595. The average Bonchev–Trinajstić information content (AvgIpc) is 1.98. The summed E-state index contributed by atoms with van der Waals surface area (Å²) < 4.78 is 13.2. The molecule has 0 radical (unpaired) electrons. The molecule has 0 amide bonds.